The van der Waals surface area contributed by atoms with Gasteiger partial charge >= 0.3 is 0 Å². The fourth-order valence-electron chi connectivity index (χ4n) is 2.55. The summed E-state index contributed by atoms with van der Waals surface area (Å²) in [6.45, 7) is 2.06. The molecule has 6 nitrogen and oxygen atoms in total. The van der Waals surface area contributed by atoms with E-state index in [1.54, 1.807) is 25.3 Å². The highest BCUT2D eigenvalue weighted by Gasteiger charge is 2.17. The van der Waals surface area contributed by atoms with Gasteiger partial charge in [-0.2, -0.15) is 0 Å². The Morgan fingerprint density at radius 3 is 3.10 bits per heavy atom. The van der Waals surface area contributed by atoms with Crippen LogP contribution in [-0.4, -0.2) is 20.9 Å². The number of rotatable bonds is 3. The van der Waals surface area contributed by atoms with E-state index in [1.165, 1.54) is 0 Å². The van der Waals surface area contributed by atoms with Crippen LogP contribution in [0.5, 0.6) is 0 Å². The Hall–Kier alpha value is -2.50. The highest BCUT2D eigenvalue weighted by molar-refractivity contribution is 5.94. The van der Waals surface area contributed by atoms with E-state index in [4.69, 9.17) is 0 Å². The summed E-state index contributed by atoms with van der Waals surface area (Å²) >= 11 is 0. The van der Waals surface area contributed by atoms with Crippen molar-refractivity contribution >= 4 is 5.91 Å². The molecule has 0 atom stereocenters. The van der Waals surface area contributed by atoms with Gasteiger partial charge in [0.2, 0.25) is 0 Å². The van der Waals surface area contributed by atoms with Gasteiger partial charge in [0, 0.05) is 11.9 Å². The minimum absolute atomic E-state index is 0.168. The molecule has 0 aliphatic heterocycles. The Morgan fingerprint density at radius 2 is 2.29 bits per heavy atom. The zero-order chi connectivity index (χ0) is 14.8. The first-order chi connectivity index (χ1) is 10.1. The third-order valence-corrected chi connectivity index (χ3v) is 3.60. The molecule has 108 valence electrons. The molecule has 3 rings (SSSR count). The third kappa shape index (κ3) is 2.84. The van der Waals surface area contributed by atoms with Crippen molar-refractivity contribution in [2.75, 3.05) is 0 Å². The Bertz CT molecular complexity index is 752. The van der Waals surface area contributed by atoms with Crippen molar-refractivity contribution in [1.29, 1.82) is 0 Å². The number of fused-ring (bicyclic) bond motifs is 1. The summed E-state index contributed by atoms with van der Waals surface area (Å²) in [7, 11) is 0. The van der Waals surface area contributed by atoms with Gasteiger partial charge in [0.05, 0.1) is 12.2 Å². The number of aromatic amines is 1. The van der Waals surface area contributed by atoms with Crippen molar-refractivity contribution in [1.82, 2.24) is 20.3 Å². The lowest BCUT2D eigenvalue weighted by molar-refractivity contribution is 0.0948. The molecule has 0 saturated carbocycles. The molecule has 1 aliphatic rings. The number of hydrogen-bond acceptors (Lipinski definition) is 4. The zero-order valence-electron chi connectivity index (χ0n) is 11.8. The predicted octanol–water partition coefficient (Wildman–Crippen LogP) is 0.892. The Labute approximate surface area is 121 Å². The van der Waals surface area contributed by atoms with Crippen molar-refractivity contribution in [3.8, 4) is 0 Å². The number of aryl methyl sites for hydroxylation is 3. The van der Waals surface area contributed by atoms with Crippen molar-refractivity contribution in [2.45, 2.75) is 32.7 Å². The van der Waals surface area contributed by atoms with Crippen LogP contribution in [0.3, 0.4) is 0 Å². The van der Waals surface area contributed by atoms with E-state index in [2.05, 4.69) is 20.3 Å². The predicted molar refractivity (Wildman–Crippen MR) is 77.0 cm³/mol. The van der Waals surface area contributed by atoms with Crippen LogP contribution >= 0.6 is 0 Å². The van der Waals surface area contributed by atoms with Gasteiger partial charge in [-0.25, -0.2) is 9.97 Å². The standard InChI is InChI=1S/C15H16N4O2/c1-9-16-6-5-11(18-9)8-17-14(20)12-7-10-3-2-4-13(10)19-15(12)21/h5-7H,2-4,8H2,1H3,(H,17,20)(H,19,21). The molecule has 21 heavy (non-hydrogen) atoms. The first-order valence-corrected chi connectivity index (χ1v) is 6.95. The summed E-state index contributed by atoms with van der Waals surface area (Å²) < 4.78 is 0. The van der Waals surface area contributed by atoms with Crippen LogP contribution in [0.2, 0.25) is 0 Å². The number of carbonyl (C=O) groups excluding carboxylic acids is 1. The van der Waals surface area contributed by atoms with Gasteiger partial charge in [0.1, 0.15) is 11.4 Å². The minimum atomic E-state index is -0.373. The monoisotopic (exact) mass is 284 g/mol. The maximum atomic E-state index is 12.1. The topological polar surface area (TPSA) is 87.7 Å². The number of pyridine rings is 1. The summed E-state index contributed by atoms with van der Waals surface area (Å²) in [4.78, 5) is 35.1. The van der Waals surface area contributed by atoms with E-state index in [-0.39, 0.29) is 23.6 Å². The van der Waals surface area contributed by atoms with Crippen molar-refractivity contribution in [3.05, 3.63) is 57.0 Å². The molecule has 1 aliphatic carbocycles. The molecule has 1 amide bonds. The summed E-state index contributed by atoms with van der Waals surface area (Å²) in [5.74, 6) is 0.277. The highest BCUT2D eigenvalue weighted by Crippen LogP contribution is 2.18. The van der Waals surface area contributed by atoms with Crippen LogP contribution in [0.15, 0.2) is 23.1 Å². The second-order valence-electron chi connectivity index (χ2n) is 5.15. The van der Waals surface area contributed by atoms with Gasteiger partial charge in [-0.3, -0.25) is 9.59 Å². The first kappa shape index (κ1) is 13.5. The van der Waals surface area contributed by atoms with Gasteiger partial charge in [0.15, 0.2) is 0 Å². The summed E-state index contributed by atoms with van der Waals surface area (Å²) in [5.41, 5.74) is 2.59. The lowest BCUT2D eigenvalue weighted by Gasteiger charge is -2.06. The number of carbonyl (C=O) groups is 1. The molecule has 2 aromatic heterocycles. The number of nitrogens with one attached hydrogen (secondary N) is 2. The van der Waals surface area contributed by atoms with Crippen LogP contribution in [0.1, 0.15) is 39.6 Å². The Balaban J connectivity index is 1.75. The number of nitrogens with zero attached hydrogens (tertiary/aromatic N) is 2. The van der Waals surface area contributed by atoms with Gasteiger partial charge in [0.25, 0.3) is 11.5 Å². The molecular weight excluding hydrogens is 268 g/mol. The Kier molecular flexibility index (Phi) is 3.51. The molecular formula is C15H16N4O2. The molecule has 0 radical (unpaired) electrons. The average Bonchev–Trinajstić information content (AvgIpc) is 2.91. The van der Waals surface area contributed by atoms with Crippen molar-refractivity contribution < 1.29 is 4.79 Å². The van der Waals surface area contributed by atoms with Gasteiger partial charge in [-0.05, 0) is 43.9 Å². The van der Waals surface area contributed by atoms with Gasteiger partial charge in [-0.1, -0.05) is 0 Å². The van der Waals surface area contributed by atoms with E-state index in [0.717, 1.165) is 30.5 Å². The molecule has 2 heterocycles. The maximum absolute atomic E-state index is 12.1. The van der Waals surface area contributed by atoms with Crippen molar-refractivity contribution in [3.63, 3.8) is 0 Å². The van der Waals surface area contributed by atoms with Crippen molar-refractivity contribution in [2.24, 2.45) is 0 Å². The van der Waals surface area contributed by atoms with E-state index in [9.17, 15) is 9.59 Å². The molecule has 2 N–H and O–H groups in total. The van der Waals surface area contributed by atoms with E-state index >= 15 is 0 Å². The lowest BCUT2D eigenvalue weighted by Crippen LogP contribution is -2.30. The van der Waals surface area contributed by atoms with E-state index in [0.29, 0.717) is 11.5 Å². The second-order valence-corrected chi connectivity index (χ2v) is 5.15. The quantitative estimate of drug-likeness (QED) is 0.876. The number of aromatic nitrogens is 3. The maximum Gasteiger partial charge on any atom is 0.261 e. The normalized spacial score (nSPS) is 13.0. The molecule has 0 spiro atoms. The van der Waals surface area contributed by atoms with Gasteiger partial charge in [-0.15, -0.1) is 0 Å². The molecule has 0 aromatic carbocycles. The molecule has 0 saturated heterocycles. The minimum Gasteiger partial charge on any atom is -0.346 e. The number of amides is 1. The van der Waals surface area contributed by atoms with Crippen LogP contribution in [0, 0.1) is 6.92 Å². The fourth-order valence-corrected chi connectivity index (χ4v) is 2.55. The summed E-state index contributed by atoms with van der Waals surface area (Å²) in [5, 5.41) is 2.73. The van der Waals surface area contributed by atoms with Crippen LogP contribution in [0.4, 0.5) is 0 Å². The molecule has 0 fully saturated rings. The molecule has 0 bridgehead atoms. The SMILES string of the molecule is Cc1nccc(CNC(=O)c2cc3c([nH]c2=O)CCC3)n1. The van der Waals surface area contributed by atoms with E-state index < -0.39 is 0 Å². The molecule has 2 aromatic rings. The smallest absolute Gasteiger partial charge is 0.261 e. The number of hydrogen-bond donors (Lipinski definition) is 2. The van der Waals surface area contributed by atoms with E-state index in [1.807, 2.05) is 0 Å². The summed E-state index contributed by atoms with van der Waals surface area (Å²) in [6.07, 6.45) is 4.47. The largest absolute Gasteiger partial charge is 0.346 e. The van der Waals surface area contributed by atoms with Gasteiger partial charge < -0.3 is 10.3 Å². The Morgan fingerprint density at radius 1 is 1.43 bits per heavy atom. The second kappa shape index (κ2) is 5.47. The highest BCUT2D eigenvalue weighted by atomic mass is 16.2. The average molecular weight is 284 g/mol. The third-order valence-electron chi connectivity index (χ3n) is 3.60. The zero-order valence-corrected chi connectivity index (χ0v) is 11.8. The van der Waals surface area contributed by atoms with Crippen LogP contribution in [-0.2, 0) is 19.4 Å². The van der Waals surface area contributed by atoms with Crippen LogP contribution in [0.25, 0.3) is 0 Å². The van der Waals surface area contributed by atoms with Crippen LogP contribution < -0.4 is 10.9 Å². The number of H-pyrrole nitrogens is 1. The lowest BCUT2D eigenvalue weighted by atomic mass is 10.1. The first-order valence-electron chi connectivity index (χ1n) is 6.95. The fraction of sp³-hybridized carbons (Fsp3) is 0.333. The summed E-state index contributed by atoms with van der Waals surface area (Å²) in [6, 6.07) is 3.45. The molecule has 0 unspecified atom stereocenters. The molecule has 6 heteroatoms.